The smallest absolute Gasteiger partial charge is 0.248 e. The number of hydrogen-bond donors (Lipinski definition) is 0. The molecule has 8 heavy (non-hydrogen) atoms. The molecule has 0 bridgehead atoms. The third-order valence-corrected chi connectivity index (χ3v) is 1.32. The lowest BCUT2D eigenvalue weighted by molar-refractivity contribution is -0.132. The first kappa shape index (κ1) is 6.44. The predicted octanol–water partition coefficient (Wildman–Crippen LogP) is 0.321. The van der Waals surface area contributed by atoms with E-state index in [1.807, 2.05) is 0 Å². The molecule has 0 aliphatic carbocycles. The minimum Gasteiger partial charge on any atom is -0.343 e. The Morgan fingerprint density at radius 3 is 2.25 bits per heavy atom. The lowest BCUT2D eigenvalue weighted by Gasteiger charge is -1.99. The van der Waals surface area contributed by atoms with E-state index in [9.17, 15) is 4.79 Å². The highest BCUT2D eigenvalue weighted by atomic mass is 127. The van der Waals surface area contributed by atoms with Gasteiger partial charge in [0.2, 0.25) is 10.1 Å². The Hall–Kier alpha value is 0.320. The van der Waals surface area contributed by atoms with Crippen LogP contribution in [0.3, 0.4) is 0 Å². The third kappa shape index (κ3) is 1.40. The first-order valence-electron chi connectivity index (χ1n) is 2.23. The van der Waals surface area contributed by atoms with Gasteiger partial charge in [-0.2, -0.15) is 0 Å². The Kier molecular flexibility index (Phi) is 2.21. The summed E-state index contributed by atoms with van der Waals surface area (Å²) in [5.74, 6) is 0. The van der Waals surface area contributed by atoms with Crippen LogP contribution in [-0.2, 0) is 14.3 Å². The predicted molar refractivity (Wildman–Crippen MR) is 34.7 cm³/mol. The summed E-state index contributed by atoms with van der Waals surface area (Å²) in [4.78, 5) is 10.4. The molecule has 0 saturated carbocycles. The average Bonchev–Trinajstić information content (AvgIpc) is 2.12. The molecule has 1 aliphatic rings. The first-order valence-corrected chi connectivity index (χ1v) is 3.31. The summed E-state index contributed by atoms with van der Waals surface area (Å²) in [6.07, 6.45) is -0.587. The quantitative estimate of drug-likeness (QED) is 0.479. The Bertz CT molecular complexity index is 97.5. The van der Waals surface area contributed by atoms with Crippen molar-refractivity contribution in [3.8, 4) is 0 Å². The van der Waals surface area contributed by atoms with Crippen LogP contribution in [0.5, 0.6) is 0 Å². The van der Waals surface area contributed by atoms with E-state index < -0.39 is 6.29 Å². The molecule has 0 atom stereocenters. The molecule has 0 radical (unpaired) electrons. The van der Waals surface area contributed by atoms with Gasteiger partial charge >= 0.3 is 0 Å². The molecular formula is C4H5IO3. The molecule has 0 aromatic rings. The summed E-state index contributed by atoms with van der Waals surface area (Å²) in [6.45, 7) is 1.08. The number of hydrogen-bond acceptors (Lipinski definition) is 3. The van der Waals surface area contributed by atoms with Crippen molar-refractivity contribution in [3.05, 3.63) is 0 Å². The van der Waals surface area contributed by atoms with E-state index in [4.69, 9.17) is 9.47 Å². The molecule has 1 rings (SSSR count). The second kappa shape index (κ2) is 2.75. The Morgan fingerprint density at radius 1 is 1.50 bits per heavy atom. The molecule has 0 amide bonds. The minimum absolute atomic E-state index is 0.0832. The summed E-state index contributed by atoms with van der Waals surface area (Å²) in [5, 5.41) is 0. The molecule has 4 heteroatoms. The van der Waals surface area contributed by atoms with Crippen LogP contribution in [0.15, 0.2) is 0 Å². The van der Waals surface area contributed by atoms with E-state index in [-0.39, 0.29) is 3.79 Å². The molecule has 1 fully saturated rings. The minimum atomic E-state index is -0.587. The number of ether oxygens (including phenoxy) is 2. The van der Waals surface area contributed by atoms with Crippen molar-refractivity contribution in [3.63, 3.8) is 0 Å². The molecule has 0 N–H and O–H groups in total. The van der Waals surface area contributed by atoms with Crippen LogP contribution >= 0.6 is 22.6 Å². The van der Waals surface area contributed by atoms with Gasteiger partial charge in [-0.25, -0.2) is 0 Å². The number of carbonyl (C=O) groups excluding carboxylic acids is 1. The fraction of sp³-hybridized carbons (Fsp3) is 0.750. The highest BCUT2D eigenvalue weighted by Crippen LogP contribution is 2.07. The Labute approximate surface area is 60.5 Å². The second-order valence-corrected chi connectivity index (χ2v) is 2.44. The Morgan fingerprint density at radius 2 is 2.00 bits per heavy atom. The van der Waals surface area contributed by atoms with E-state index in [1.54, 1.807) is 22.6 Å². The number of rotatable bonds is 1. The molecule has 46 valence electrons. The standard InChI is InChI=1S/C4H5IO3/c5-3(6)4-7-1-2-8-4/h4H,1-2H2. The topological polar surface area (TPSA) is 35.5 Å². The fourth-order valence-corrected chi connectivity index (χ4v) is 0.849. The molecule has 0 aromatic heterocycles. The van der Waals surface area contributed by atoms with E-state index in [1.165, 1.54) is 0 Å². The van der Waals surface area contributed by atoms with Gasteiger partial charge < -0.3 is 9.47 Å². The zero-order valence-corrected chi connectivity index (χ0v) is 6.25. The van der Waals surface area contributed by atoms with Gasteiger partial charge in [0.15, 0.2) is 0 Å². The van der Waals surface area contributed by atoms with Crippen LogP contribution < -0.4 is 0 Å². The molecular weight excluding hydrogens is 223 g/mol. The first-order chi connectivity index (χ1) is 3.80. The molecule has 3 nitrogen and oxygen atoms in total. The average molecular weight is 228 g/mol. The van der Waals surface area contributed by atoms with Gasteiger partial charge in [0, 0.05) is 22.6 Å². The fourth-order valence-electron chi connectivity index (χ4n) is 0.489. The number of carbonyl (C=O) groups is 1. The molecule has 1 heterocycles. The van der Waals surface area contributed by atoms with Gasteiger partial charge in [-0.3, -0.25) is 4.79 Å². The third-order valence-electron chi connectivity index (χ3n) is 0.807. The largest absolute Gasteiger partial charge is 0.343 e. The van der Waals surface area contributed by atoms with Crippen LogP contribution in [-0.4, -0.2) is 23.3 Å². The van der Waals surface area contributed by atoms with Crippen molar-refractivity contribution < 1.29 is 14.3 Å². The van der Waals surface area contributed by atoms with Gasteiger partial charge in [-0.15, -0.1) is 0 Å². The maximum absolute atomic E-state index is 10.4. The van der Waals surface area contributed by atoms with Crippen LogP contribution in [0.25, 0.3) is 0 Å². The van der Waals surface area contributed by atoms with Gasteiger partial charge in [-0.05, 0) is 0 Å². The van der Waals surface area contributed by atoms with Crippen molar-refractivity contribution >= 4 is 26.4 Å². The van der Waals surface area contributed by atoms with E-state index in [2.05, 4.69) is 0 Å². The molecule has 0 unspecified atom stereocenters. The summed E-state index contributed by atoms with van der Waals surface area (Å²) >= 11 is 1.66. The summed E-state index contributed by atoms with van der Waals surface area (Å²) in [7, 11) is 0. The van der Waals surface area contributed by atoms with Crippen LogP contribution in [0.4, 0.5) is 0 Å². The highest BCUT2D eigenvalue weighted by Gasteiger charge is 2.21. The van der Waals surface area contributed by atoms with E-state index in [0.29, 0.717) is 13.2 Å². The van der Waals surface area contributed by atoms with Crippen molar-refractivity contribution in [1.29, 1.82) is 0 Å². The lowest BCUT2D eigenvalue weighted by atomic mass is 10.7. The van der Waals surface area contributed by atoms with Gasteiger partial charge in [0.25, 0.3) is 0 Å². The molecule has 1 saturated heterocycles. The van der Waals surface area contributed by atoms with Crippen LogP contribution in [0.2, 0.25) is 0 Å². The monoisotopic (exact) mass is 228 g/mol. The lowest BCUT2D eigenvalue weighted by Crippen LogP contribution is -2.14. The van der Waals surface area contributed by atoms with Crippen molar-refractivity contribution in [2.24, 2.45) is 0 Å². The maximum Gasteiger partial charge on any atom is 0.248 e. The normalized spacial score (nSPS) is 21.6. The van der Waals surface area contributed by atoms with Crippen molar-refractivity contribution in [2.45, 2.75) is 6.29 Å². The molecule has 0 aromatic carbocycles. The maximum atomic E-state index is 10.4. The van der Waals surface area contributed by atoms with Crippen molar-refractivity contribution in [2.75, 3.05) is 13.2 Å². The second-order valence-electron chi connectivity index (χ2n) is 1.38. The van der Waals surface area contributed by atoms with Crippen molar-refractivity contribution in [1.82, 2.24) is 0 Å². The van der Waals surface area contributed by atoms with Crippen LogP contribution in [0, 0.1) is 0 Å². The zero-order valence-electron chi connectivity index (χ0n) is 4.09. The van der Waals surface area contributed by atoms with Crippen LogP contribution in [0.1, 0.15) is 0 Å². The van der Waals surface area contributed by atoms with Gasteiger partial charge in [-0.1, -0.05) is 0 Å². The van der Waals surface area contributed by atoms with E-state index >= 15 is 0 Å². The Balaban J connectivity index is 2.35. The van der Waals surface area contributed by atoms with E-state index in [0.717, 1.165) is 0 Å². The molecule has 0 spiro atoms. The summed E-state index contributed by atoms with van der Waals surface area (Å²) in [6, 6.07) is 0. The van der Waals surface area contributed by atoms with Gasteiger partial charge in [0.05, 0.1) is 13.2 Å². The molecule has 1 aliphatic heterocycles. The summed E-state index contributed by atoms with van der Waals surface area (Å²) in [5.41, 5.74) is 0. The summed E-state index contributed by atoms with van der Waals surface area (Å²) < 4.78 is 9.59. The van der Waals surface area contributed by atoms with Gasteiger partial charge in [0.1, 0.15) is 0 Å². The highest BCUT2D eigenvalue weighted by molar-refractivity contribution is 14.1. The zero-order chi connectivity index (χ0) is 5.98. The number of halogens is 1. The SMILES string of the molecule is O=C(I)C1OCCO1.